The van der Waals surface area contributed by atoms with Gasteiger partial charge in [-0.05, 0) is 107 Å². The van der Waals surface area contributed by atoms with Crippen molar-refractivity contribution in [1.29, 1.82) is 0 Å². The third-order valence-electron chi connectivity index (χ3n) is 6.45. The van der Waals surface area contributed by atoms with Crippen LogP contribution in [-0.2, 0) is 8.23 Å². The Bertz CT molecular complexity index is 998. The van der Waals surface area contributed by atoms with Crippen LogP contribution in [0.5, 0.6) is 17.2 Å². The molecule has 0 saturated carbocycles. The molecular formula is C32H54O6Si3. The lowest BCUT2D eigenvalue weighted by Crippen LogP contribution is -2.52. The molecule has 6 nitrogen and oxygen atoms in total. The molecule has 2 rings (SSSR count). The highest BCUT2D eigenvalue weighted by atomic mass is 28.5. The topological polar surface area (TPSA) is 63.2 Å². The van der Waals surface area contributed by atoms with Crippen molar-refractivity contribution >= 4 is 31.2 Å². The molecule has 0 aliphatic rings. The Hall–Kier alpha value is -1.92. The summed E-state index contributed by atoms with van der Waals surface area (Å²) in [6, 6.07) is 15.2. The average molecular weight is 619 g/mol. The standard InChI is InChI=1S/C32H54O6Si3/c1-34-29-22-24-31(25-23-29)36-32(33)28-18-20-30(21-19-28)35-26-16-14-12-10-9-11-13-15-17-27-41(8,37-39(2,3)4)38-40(5,6)7/h18-25H,9-17,26-27H2,1-8H3. The van der Waals surface area contributed by atoms with Gasteiger partial charge in [0, 0.05) is 0 Å². The predicted octanol–water partition coefficient (Wildman–Crippen LogP) is 9.58. The Morgan fingerprint density at radius 1 is 0.585 bits per heavy atom. The molecule has 0 aliphatic heterocycles. The fraction of sp³-hybridized carbons (Fsp3) is 0.594. The molecule has 0 N–H and O–H groups in total. The summed E-state index contributed by atoms with van der Waals surface area (Å²) >= 11 is 0. The fourth-order valence-corrected chi connectivity index (χ4v) is 17.5. The first-order valence-electron chi connectivity index (χ1n) is 15.3. The molecule has 9 heteroatoms. The summed E-state index contributed by atoms with van der Waals surface area (Å²) in [5, 5.41) is 0. The lowest BCUT2D eigenvalue weighted by Gasteiger charge is -2.38. The third kappa shape index (κ3) is 15.8. The molecule has 0 spiro atoms. The Kier molecular flexibility index (Phi) is 14.8. The molecule has 0 amide bonds. The highest BCUT2D eigenvalue weighted by Gasteiger charge is 2.39. The molecule has 0 atom stereocenters. The first kappa shape index (κ1) is 35.3. The second kappa shape index (κ2) is 17.3. The van der Waals surface area contributed by atoms with Crippen molar-refractivity contribution in [2.45, 2.75) is 110 Å². The SMILES string of the molecule is COc1ccc(OC(=O)c2ccc(OCCCCCCCCCCC[Si](C)(O[Si](C)(C)C)O[Si](C)(C)C)cc2)cc1. The van der Waals surface area contributed by atoms with Crippen molar-refractivity contribution in [1.82, 2.24) is 0 Å². The van der Waals surface area contributed by atoms with E-state index in [1.54, 1.807) is 43.5 Å². The Morgan fingerprint density at radius 3 is 1.51 bits per heavy atom. The Morgan fingerprint density at radius 2 is 1.02 bits per heavy atom. The van der Waals surface area contributed by atoms with Gasteiger partial charge in [0.15, 0.2) is 16.6 Å². The minimum absolute atomic E-state index is 0.394. The highest BCUT2D eigenvalue weighted by molar-refractivity contribution is 6.87. The minimum atomic E-state index is -2.08. The van der Waals surface area contributed by atoms with Gasteiger partial charge >= 0.3 is 14.5 Å². The summed E-state index contributed by atoms with van der Waals surface area (Å²) < 4.78 is 29.6. The molecule has 0 fully saturated rings. The summed E-state index contributed by atoms with van der Waals surface area (Å²) in [5.41, 5.74) is 0.490. The molecule has 41 heavy (non-hydrogen) atoms. The van der Waals surface area contributed by atoms with E-state index in [4.69, 9.17) is 22.4 Å². The second-order valence-electron chi connectivity index (χ2n) is 12.9. The normalized spacial score (nSPS) is 12.3. The quantitative estimate of drug-likeness (QED) is 0.0637. The van der Waals surface area contributed by atoms with E-state index in [0.717, 1.165) is 18.2 Å². The van der Waals surface area contributed by atoms with Crippen LogP contribution in [-0.4, -0.2) is 44.9 Å². The fourth-order valence-electron chi connectivity index (χ4n) is 4.89. The van der Waals surface area contributed by atoms with Crippen molar-refractivity contribution in [3.63, 3.8) is 0 Å². The maximum absolute atomic E-state index is 12.4. The smallest absolute Gasteiger partial charge is 0.343 e. The largest absolute Gasteiger partial charge is 0.497 e. The van der Waals surface area contributed by atoms with Crippen molar-refractivity contribution in [2.75, 3.05) is 13.7 Å². The van der Waals surface area contributed by atoms with Crippen molar-refractivity contribution in [3.05, 3.63) is 54.1 Å². The number of carbonyl (C=O) groups is 1. The molecule has 2 aromatic carbocycles. The van der Waals surface area contributed by atoms with E-state index in [1.165, 1.54) is 51.4 Å². The zero-order valence-electron chi connectivity index (χ0n) is 26.8. The number of hydrogen-bond acceptors (Lipinski definition) is 6. The molecule has 0 unspecified atom stereocenters. The molecule has 2 aromatic rings. The number of unbranched alkanes of at least 4 members (excludes halogenated alkanes) is 8. The minimum Gasteiger partial charge on any atom is -0.497 e. The monoisotopic (exact) mass is 618 g/mol. The highest BCUT2D eigenvalue weighted by Crippen LogP contribution is 2.27. The molecular weight excluding hydrogens is 565 g/mol. The van der Waals surface area contributed by atoms with E-state index in [2.05, 4.69) is 45.8 Å². The zero-order chi connectivity index (χ0) is 30.4. The van der Waals surface area contributed by atoms with Crippen LogP contribution >= 0.6 is 0 Å². The van der Waals surface area contributed by atoms with E-state index < -0.39 is 31.2 Å². The van der Waals surface area contributed by atoms with Crippen LogP contribution in [0, 0.1) is 0 Å². The number of rotatable bonds is 20. The van der Waals surface area contributed by atoms with Crippen LogP contribution in [0.15, 0.2) is 48.5 Å². The first-order chi connectivity index (χ1) is 19.3. The van der Waals surface area contributed by atoms with Gasteiger partial charge in [0.25, 0.3) is 0 Å². The van der Waals surface area contributed by atoms with Gasteiger partial charge in [-0.25, -0.2) is 4.79 Å². The van der Waals surface area contributed by atoms with Crippen LogP contribution in [0.3, 0.4) is 0 Å². The summed E-state index contributed by atoms with van der Waals surface area (Å²) in [6.07, 6.45) is 11.2. The van der Waals surface area contributed by atoms with Gasteiger partial charge in [-0.15, -0.1) is 0 Å². The second-order valence-corrected chi connectivity index (χ2v) is 25.8. The maximum atomic E-state index is 12.4. The van der Waals surface area contributed by atoms with Crippen LogP contribution in [0.2, 0.25) is 51.9 Å². The van der Waals surface area contributed by atoms with Crippen LogP contribution in [0.4, 0.5) is 0 Å². The molecule has 0 heterocycles. The van der Waals surface area contributed by atoms with Crippen LogP contribution < -0.4 is 14.2 Å². The van der Waals surface area contributed by atoms with Crippen LogP contribution in [0.25, 0.3) is 0 Å². The Balaban J connectivity index is 1.52. The lowest BCUT2D eigenvalue weighted by molar-refractivity contribution is 0.0734. The molecule has 0 radical (unpaired) electrons. The van der Waals surface area contributed by atoms with E-state index in [-0.39, 0.29) is 0 Å². The van der Waals surface area contributed by atoms with Crippen molar-refractivity contribution < 1.29 is 27.2 Å². The summed E-state index contributed by atoms with van der Waals surface area (Å²) in [5.74, 6) is 1.58. The molecule has 0 saturated heterocycles. The number of ether oxygens (including phenoxy) is 3. The van der Waals surface area contributed by atoms with Gasteiger partial charge in [0.2, 0.25) is 0 Å². The van der Waals surface area contributed by atoms with Crippen LogP contribution in [0.1, 0.15) is 68.1 Å². The van der Waals surface area contributed by atoms with E-state index in [0.29, 0.717) is 23.7 Å². The molecule has 0 bridgehead atoms. The van der Waals surface area contributed by atoms with E-state index in [1.807, 2.05) is 12.1 Å². The number of methoxy groups -OCH3 is 1. The van der Waals surface area contributed by atoms with Gasteiger partial charge in [-0.2, -0.15) is 0 Å². The van der Waals surface area contributed by atoms with Gasteiger partial charge in [-0.1, -0.05) is 51.4 Å². The van der Waals surface area contributed by atoms with Gasteiger partial charge in [0.05, 0.1) is 19.3 Å². The maximum Gasteiger partial charge on any atom is 0.343 e. The number of benzene rings is 2. The van der Waals surface area contributed by atoms with Crippen molar-refractivity contribution in [3.8, 4) is 17.2 Å². The van der Waals surface area contributed by atoms with E-state index >= 15 is 0 Å². The van der Waals surface area contributed by atoms with Gasteiger partial charge < -0.3 is 22.4 Å². The Labute approximate surface area is 252 Å². The third-order valence-corrected chi connectivity index (χ3v) is 16.1. The lowest BCUT2D eigenvalue weighted by atomic mass is 10.1. The van der Waals surface area contributed by atoms with Gasteiger partial charge in [0.1, 0.15) is 17.2 Å². The summed E-state index contributed by atoms with van der Waals surface area (Å²) in [7, 11) is -3.68. The predicted molar refractivity (Wildman–Crippen MR) is 177 cm³/mol. The zero-order valence-corrected chi connectivity index (χ0v) is 29.8. The molecule has 230 valence electrons. The summed E-state index contributed by atoms with van der Waals surface area (Å²) in [4.78, 5) is 12.4. The summed E-state index contributed by atoms with van der Waals surface area (Å²) in [6.45, 7) is 16.7. The van der Waals surface area contributed by atoms with Crippen molar-refractivity contribution in [2.24, 2.45) is 0 Å². The van der Waals surface area contributed by atoms with E-state index in [9.17, 15) is 4.79 Å². The molecule has 0 aliphatic carbocycles. The number of carbonyl (C=O) groups excluding carboxylic acids is 1. The van der Waals surface area contributed by atoms with Gasteiger partial charge in [-0.3, -0.25) is 0 Å². The molecule has 0 aromatic heterocycles. The first-order valence-corrected chi connectivity index (χ1v) is 24.6. The number of hydrogen-bond donors (Lipinski definition) is 0. The average Bonchev–Trinajstić information content (AvgIpc) is 2.88. The number of esters is 1.